The molecule has 0 saturated carbocycles. The Hall–Kier alpha value is -2.49. The average molecular weight is 286 g/mol. The van der Waals surface area contributed by atoms with Crippen molar-refractivity contribution in [3.8, 4) is 11.5 Å². The lowest BCUT2D eigenvalue weighted by Gasteiger charge is -2.13. The zero-order valence-electron chi connectivity index (χ0n) is 12.1. The zero-order chi connectivity index (χ0) is 15.2. The lowest BCUT2D eigenvalue weighted by Crippen LogP contribution is -2.05. The largest absolute Gasteiger partial charge is 0.493 e. The second-order valence-electron chi connectivity index (χ2n) is 4.63. The topological polar surface area (TPSA) is 55.8 Å². The van der Waals surface area contributed by atoms with E-state index in [1.807, 2.05) is 38.1 Å². The molecule has 0 saturated heterocycles. The average Bonchev–Trinajstić information content (AvgIpc) is 2.46. The molecule has 0 spiro atoms. The van der Waals surface area contributed by atoms with Gasteiger partial charge in [-0.25, -0.2) is 4.79 Å². The van der Waals surface area contributed by atoms with Gasteiger partial charge in [0.05, 0.1) is 6.61 Å². The first-order chi connectivity index (χ1) is 10.1. The van der Waals surface area contributed by atoms with Gasteiger partial charge in [-0.3, -0.25) is 0 Å². The van der Waals surface area contributed by atoms with Gasteiger partial charge in [-0.05, 0) is 37.6 Å². The molecule has 0 aliphatic heterocycles. The molecule has 4 nitrogen and oxygen atoms in total. The highest BCUT2D eigenvalue weighted by molar-refractivity contribution is 5.90. The van der Waals surface area contributed by atoms with Crippen LogP contribution in [0.15, 0.2) is 42.5 Å². The summed E-state index contributed by atoms with van der Waals surface area (Å²) in [5.74, 6) is 0.126. The Morgan fingerprint density at radius 3 is 2.57 bits per heavy atom. The monoisotopic (exact) mass is 286 g/mol. The fourth-order valence-electron chi connectivity index (χ4n) is 2.00. The Kier molecular flexibility index (Phi) is 4.82. The fourth-order valence-corrected chi connectivity index (χ4v) is 2.00. The number of carboxylic acid groups (broad SMARTS) is 1. The highest BCUT2D eigenvalue weighted by Gasteiger charge is 2.12. The number of hydrogen-bond acceptors (Lipinski definition) is 3. The minimum absolute atomic E-state index is 0.162. The van der Waals surface area contributed by atoms with E-state index < -0.39 is 5.97 Å². The molecule has 1 N–H and O–H groups in total. The van der Waals surface area contributed by atoms with Crippen molar-refractivity contribution in [2.24, 2.45) is 0 Å². The summed E-state index contributed by atoms with van der Waals surface area (Å²) in [6, 6.07) is 12.6. The summed E-state index contributed by atoms with van der Waals surface area (Å²) >= 11 is 0. The van der Waals surface area contributed by atoms with Crippen molar-refractivity contribution in [1.82, 2.24) is 0 Å². The predicted octanol–water partition coefficient (Wildman–Crippen LogP) is 3.67. The SMILES string of the molecule is CCOc1ccccc1COc1cc(C)ccc1C(=O)O. The van der Waals surface area contributed by atoms with Crippen LogP contribution in [0.1, 0.15) is 28.4 Å². The van der Waals surface area contributed by atoms with Crippen LogP contribution >= 0.6 is 0 Å². The lowest BCUT2D eigenvalue weighted by atomic mass is 10.1. The predicted molar refractivity (Wildman–Crippen MR) is 80.1 cm³/mol. The van der Waals surface area contributed by atoms with Crippen molar-refractivity contribution < 1.29 is 19.4 Å². The number of carboxylic acids is 1. The molecule has 110 valence electrons. The second-order valence-corrected chi connectivity index (χ2v) is 4.63. The van der Waals surface area contributed by atoms with Crippen LogP contribution in [0.4, 0.5) is 0 Å². The molecule has 2 rings (SSSR count). The van der Waals surface area contributed by atoms with E-state index >= 15 is 0 Å². The summed E-state index contributed by atoms with van der Waals surface area (Å²) in [6.07, 6.45) is 0. The number of hydrogen-bond donors (Lipinski definition) is 1. The molecule has 0 aromatic heterocycles. The molecule has 4 heteroatoms. The van der Waals surface area contributed by atoms with Gasteiger partial charge in [0.2, 0.25) is 0 Å². The number of ether oxygens (including phenoxy) is 2. The quantitative estimate of drug-likeness (QED) is 0.880. The van der Waals surface area contributed by atoms with Gasteiger partial charge in [-0.2, -0.15) is 0 Å². The number of aryl methyl sites for hydroxylation is 1. The van der Waals surface area contributed by atoms with E-state index in [0.717, 1.165) is 16.9 Å². The molecule has 0 aliphatic carbocycles. The van der Waals surface area contributed by atoms with Gasteiger partial charge < -0.3 is 14.6 Å². The molecule has 0 amide bonds. The van der Waals surface area contributed by atoms with E-state index in [2.05, 4.69) is 0 Å². The summed E-state index contributed by atoms with van der Waals surface area (Å²) in [5, 5.41) is 9.19. The third-order valence-corrected chi connectivity index (χ3v) is 3.02. The molecule has 0 bridgehead atoms. The smallest absolute Gasteiger partial charge is 0.339 e. The molecule has 0 fully saturated rings. The fraction of sp³-hybridized carbons (Fsp3) is 0.235. The van der Waals surface area contributed by atoms with Crippen LogP contribution in [-0.4, -0.2) is 17.7 Å². The highest BCUT2D eigenvalue weighted by Crippen LogP contribution is 2.24. The van der Waals surface area contributed by atoms with Gasteiger partial charge in [-0.1, -0.05) is 24.3 Å². The summed E-state index contributed by atoms with van der Waals surface area (Å²) in [6.45, 7) is 4.65. The van der Waals surface area contributed by atoms with E-state index in [1.54, 1.807) is 18.2 Å². The maximum Gasteiger partial charge on any atom is 0.339 e. The van der Waals surface area contributed by atoms with Crippen LogP contribution in [0.2, 0.25) is 0 Å². The van der Waals surface area contributed by atoms with E-state index in [0.29, 0.717) is 12.4 Å². The molecule has 2 aromatic carbocycles. The first kappa shape index (κ1) is 14.9. The molecular formula is C17H18O4. The number of para-hydroxylation sites is 1. The van der Waals surface area contributed by atoms with Gasteiger partial charge in [0.25, 0.3) is 0 Å². The van der Waals surface area contributed by atoms with Gasteiger partial charge in [-0.15, -0.1) is 0 Å². The van der Waals surface area contributed by atoms with Crippen molar-refractivity contribution in [2.45, 2.75) is 20.5 Å². The second kappa shape index (κ2) is 6.79. The third-order valence-electron chi connectivity index (χ3n) is 3.02. The first-order valence-electron chi connectivity index (χ1n) is 6.79. The van der Waals surface area contributed by atoms with E-state index in [1.165, 1.54) is 0 Å². The van der Waals surface area contributed by atoms with Crippen LogP contribution in [0, 0.1) is 6.92 Å². The van der Waals surface area contributed by atoms with Gasteiger partial charge in [0.15, 0.2) is 0 Å². The minimum atomic E-state index is -0.997. The molecule has 21 heavy (non-hydrogen) atoms. The Morgan fingerprint density at radius 2 is 1.86 bits per heavy atom. The van der Waals surface area contributed by atoms with Crippen molar-refractivity contribution in [3.05, 3.63) is 59.2 Å². The van der Waals surface area contributed by atoms with E-state index in [4.69, 9.17) is 9.47 Å². The third kappa shape index (κ3) is 3.75. The summed E-state index contributed by atoms with van der Waals surface area (Å²) < 4.78 is 11.2. The molecule has 2 aromatic rings. The van der Waals surface area contributed by atoms with Crippen LogP contribution < -0.4 is 9.47 Å². The maximum atomic E-state index is 11.2. The van der Waals surface area contributed by atoms with Crippen molar-refractivity contribution in [3.63, 3.8) is 0 Å². The maximum absolute atomic E-state index is 11.2. The van der Waals surface area contributed by atoms with Crippen molar-refractivity contribution in [1.29, 1.82) is 0 Å². The number of aromatic carboxylic acids is 1. The van der Waals surface area contributed by atoms with Crippen LogP contribution in [0.3, 0.4) is 0 Å². The summed E-state index contributed by atoms with van der Waals surface area (Å²) in [4.78, 5) is 11.2. The highest BCUT2D eigenvalue weighted by atomic mass is 16.5. The number of rotatable bonds is 6. The van der Waals surface area contributed by atoms with Gasteiger partial charge >= 0.3 is 5.97 Å². The van der Waals surface area contributed by atoms with Crippen molar-refractivity contribution in [2.75, 3.05) is 6.61 Å². The van der Waals surface area contributed by atoms with Crippen LogP contribution in [0.5, 0.6) is 11.5 Å². The van der Waals surface area contributed by atoms with Crippen LogP contribution in [-0.2, 0) is 6.61 Å². The zero-order valence-corrected chi connectivity index (χ0v) is 12.1. The Morgan fingerprint density at radius 1 is 1.10 bits per heavy atom. The molecule has 0 heterocycles. The summed E-state index contributed by atoms with van der Waals surface area (Å²) in [7, 11) is 0. The molecular weight excluding hydrogens is 268 g/mol. The number of benzene rings is 2. The molecule has 0 atom stereocenters. The summed E-state index contributed by atoms with van der Waals surface area (Å²) in [5.41, 5.74) is 2.00. The molecule has 0 radical (unpaired) electrons. The first-order valence-corrected chi connectivity index (χ1v) is 6.79. The van der Waals surface area contributed by atoms with E-state index in [-0.39, 0.29) is 12.2 Å². The standard InChI is InChI=1S/C17H18O4/c1-3-20-15-7-5-4-6-13(15)11-21-16-10-12(2)8-9-14(16)17(18)19/h4-10H,3,11H2,1-2H3,(H,18,19). The van der Waals surface area contributed by atoms with Gasteiger partial charge in [0.1, 0.15) is 23.7 Å². The van der Waals surface area contributed by atoms with E-state index in [9.17, 15) is 9.90 Å². The Labute approximate surface area is 123 Å². The molecule has 0 aliphatic rings. The Balaban J connectivity index is 2.20. The van der Waals surface area contributed by atoms with Gasteiger partial charge in [0, 0.05) is 5.56 Å². The molecule has 0 unspecified atom stereocenters. The Bertz CT molecular complexity index is 634. The van der Waals surface area contributed by atoms with Crippen molar-refractivity contribution >= 4 is 5.97 Å². The van der Waals surface area contributed by atoms with Crippen LogP contribution in [0.25, 0.3) is 0 Å². The number of carbonyl (C=O) groups is 1. The lowest BCUT2D eigenvalue weighted by molar-refractivity contribution is 0.0691. The minimum Gasteiger partial charge on any atom is -0.493 e. The normalized spacial score (nSPS) is 10.2.